The number of hydrogen-bond acceptors (Lipinski definition) is 2. The van der Waals surface area contributed by atoms with Crippen LogP contribution in [0.3, 0.4) is 0 Å². The lowest BCUT2D eigenvalue weighted by molar-refractivity contribution is -0.142. The van der Waals surface area contributed by atoms with E-state index >= 15 is 0 Å². The van der Waals surface area contributed by atoms with Gasteiger partial charge in [-0.2, -0.15) is 0 Å². The molecule has 0 unspecified atom stereocenters. The van der Waals surface area contributed by atoms with Gasteiger partial charge in [-0.1, -0.05) is 48.5 Å². The van der Waals surface area contributed by atoms with E-state index in [9.17, 15) is 19.1 Å². The van der Waals surface area contributed by atoms with Crippen molar-refractivity contribution in [3.05, 3.63) is 71.5 Å². The Morgan fingerprint density at radius 2 is 1.65 bits per heavy atom. The zero-order chi connectivity index (χ0) is 18.3. The number of aliphatic carboxylic acids is 1. The Hall–Kier alpha value is -2.69. The predicted molar refractivity (Wildman–Crippen MR) is 94.2 cm³/mol. The van der Waals surface area contributed by atoms with Crippen LogP contribution >= 0.6 is 0 Å². The van der Waals surface area contributed by atoms with E-state index in [0.29, 0.717) is 24.9 Å². The summed E-state index contributed by atoms with van der Waals surface area (Å²) in [5.74, 6) is -2.30. The highest BCUT2D eigenvalue weighted by atomic mass is 19.1. The zero-order valence-electron chi connectivity index (χ0n) is 14.3. The second-order valence-electron chi connectivity index (χ2n) is 7.23. The SMILES string of the molecule is O=C(O)[C@@H]1CN(C(=O)C2(c3ccccc3F)CC2)C[C@@H]1c1ccccc1. The summed E-state index contributed by atoms with van der Waals surface area (Å²) in [6.45, 7) is 0.528. The molecule has 0 aromatic heterocycles. The number of carboxylic acids is 1. The minimum Gasteiger partial charge on any atom is -0.481 e. The van der Waals surface area contributed by atoms with E-state index in [4.69, 9.17) is 0 Å². The minimum absolute atomic E-state index is 0.146. The summed E-state index contributed by atoms with van der Waals surface area (Å²) < 4.78 is 14.3. The van der Waals surface area contributed by atoms with Crippen molar-refractivity contribution < 1.29 is 19.1 Å². The lowest BCUT2D eigenvalue weighted by atomic mass is 9.89. The van der Waals surface area contributed by atoms with Gasteiger partial charge in [0.1, 0.15) is 5.82 Å². The third-order valence-corrected chi connectivity index (χ3v) is 5.70. The van der Waals surface area contributed by atoms with Gasteiger partial charge in [0, 0.05) is 24.6 Å². The van der Waals surface area contributed by atoms with Crippen LogP contribution in [0.15, 0.2) is 54.6 Å². The van der Waals surface area contributed by atoms with Crippen molar-refractivity contribution in [2.75, 3.05) is 13.1 Å². The van der Waals surface area contributed by atoms with Gasteiger partial charge in [0.25, 0.3) is 0 Å². The lowest BCUT2D eigenvalue weighted by Gasteiger charge is -2.24. The third kappa shape index (κ3) is 2.68. The van der Waals surface area contributed by atoms with E-state index in [-0.39, 0.29) is 24.2 Å². The van der Waals surface area contributed by atoms with Crippen LogP contribution < -0.4 is 0 Å². The molecule has 2 fully saturated rings. The van der Waals surface area contributed by atoms with Crippen LogP contribution in [-0.2, 0) is 15.0 Å². The van der Waals surface area contributed by atoms with E-state index in [1.165, 1.54) is 6.07 Å². The highest BCUT2D eigenvalue weighted by Gasteiger charge is 2.56. The Bertz CT molecular complexity index is 847. The van der Waals surface area contributed by atoms with Crippen molar-refractivity contribution in [1.82, 2.24) is 4.90 Å². The van der Waals surface area contributed by atoms with Crippen molar-refractivity contribution >= 4 is 11.9 Å². The molecule has 1 heterocycles. The first-order chi connectivity index (χ1) is 12.5. The van der Waals surface area contributed by atoms with E-state index in [0.717, 1.165) is 5.56 Å². The van der Waals surface area contributed by atoms with Crippen LogP contribution in [-0.4, -0.2) is 35.0 Å². The van der Waals surface area contributed by atoms with Gasteiger partial charge in [-0.3, -0.25) is 9.59 Å². The second kappa shape index (κ2) is 6.24. The Morgan fingerprint density at radius 3 is 2.27 bits per heavy atom. The highest BCUT2D eigenvalue weighted by Crippen LogP contribution is 2.51. The highest BCUT2D eigenvalue weighted by molar-refractivity contribution is 5.92. The van der Waals surface area contributed by atoms with Crippen LogP contribution in [0.1, 0.15) is 29.9 Å². The van der Waals surface area contributed by atoms with E-state index < -0.39 is 17.3 Å². The van der Waals surface area contributed by atoms with Crippen molar-refractivity contribution in [3.63, 3.8) is 0 Å². The number of hydrogen-bond donors (Lipinski definition) is 1. The third-order valence-electron chi connectivity index (χ3n) is 5.70. The molecule has 134 valence electrons. The summed E-state index contributed by atoms with van der Waals surface area (Å²) >= 11 is 0. The monoisotopic (exact) mass is 353 g/mol. The summed E-state index contributed by atoms with van der Waals surface area (Å²) in [6.07, 6.45) is 1.22. The fourth-order valence-corrected chi connectivity index (χ4v) is 4.13. The number of carbonyl (C=O) groups excluding carboxylic acids is 1. The molecule has 2 aromatic rings. The zero-order valence-corrected chi connectivity index (χ0v) is 14.3. The molecule has 1 amide bonds. The van der Waals surface area contributed by atoms with Crippen molar-refractivity contribution in [2.45, 2.75) is 24.2 Å². The van der Waals surface area contributed by atoms with Gasteiger partial charge in [0.15, 0.2) is 0 Å². The molecule has 4 nitrogen and oxygen atoms in total. The molecule has 4 rings (SSSR count). The Kier molecular flexibility index (Phi) is 4.02. The molecule has 26 heavy (non-hydrogen) atoms. The largest absolute Gasteiger partial charge is 0.481 e. The van der Waals surface area contributed by atoms with Gasteiger partial charge in [0.05, 0.1) is 11.3 Å². The molecule has 1 aliphatic heterocycles. The van der Waals surface area contributed by atoms with E-state index in [1.54, 1.807) is 23.1 Å². The van der Waals surface area contributed by atoms with Gasteiger partial charge in [-0.15, -0.1) is 0 Å². The van der Waals surface area contributed by atoms with Gasteiger partial charge in [-0.05, 0) is 24.5 Å². The first-order valence-electron chi connectivity index (χ1n) is 8.85. The number of likely N-dealkylation sites (tertiary alicyclic amines) is 1. The molecule has 2 aliphatic rings. The molecule has 0 bridgehead atoms. The number of benzene rings is 2. The maximum absolute atomic E-state index is 14.3. The number of carboxylic acid groups (broad SMARTS) is 1. The minimum atomic E-state index is -0.898. The molecule has 1 aliphatic carbocycles. The van der Waals surface area contributed by atoms with Crippen LogP contribution in [0.4, 0.5) is 4.39 Å². The summed E-state index contributed by atoms with van der Waals surface area (Å²) in [6, 6.07) is 15.8. The van der Waals surface area contributed by atoms with Crippen molar-refractivity contribution in [1.29, 1.82) is 0 Å². The number of rotatable bonds is 4. The topological polar surface area (TPSA) is 57.6 Å². The van der Waals surface area contributed by atoms with Gasteiger partial charge in [-0.25, -0.2) is 4.39 Å². The van der Waals surface area contributed by atoms with Gasteiger partial charge in [0.2, 0.25) is 5.91 Å². The number of carbonyl (C=O) groups is 2. The molecule has 5 heteroatoms. The normalized spacial score (nSPS) is 23.7. The predicted octanol–water partition coefficient (Wildman–Crippen LogP) is 3.18. The second-order valence-corrected chi connectivity index (χ2v) is 7.23. The summed E-state index contributed by atoms with van der Waals surface area (Å²) in [7, 11) is 0. The molecule has 2 atom stereocenters. The molecular weight excluding hydrogens is 333 g/mol. The molecule has 1 saturated carbocycles. The molecule has 0 spiro atoms. The maximum Gasteiger partial charge on any atom is 0.308 e. The molecule has 1 N–H and O–H groups in total. The number of nitrogens with zero attached hydrogens (tertiary/aromatic N) is 1. The molecule has 0 radical (unpaired) electrons. The van der Waals surface area contributed by atoms with Crippen LogP contribution in [0, 0.1) is 11.7 Å². The van der Waals surface area contributed by atoms with E-state index in [1.807, 2.05) is 30.3 Å². The standard InChI is InChI=1S/C21H20FNO3/c22-18-9-5-4-8-17(18)21(10-11-21)20(26)23-12-15(16(13-23)19(24)25)14-6-2-1-3-7-14/h1-9,15-16H,10-13H2,(H,24,25)/t15-,16-/m1/s1. The van der Waals surface area contributed by atoms with Crippen molar-refractivity contribution in [3.8, 4) is 0 Å². The van der Waals surface area contributed by atoms with Crippen LogP contribution in [0.5, 0.6) is 0 Å². The maximum atomic E-state index is 14.3. The van der Waals surface area contributed by atoms with Crippen molar-refractivity contribution in [2.24, 2.45) is 5.92 Å². The fourth-order valence-electron chi connectivity index (χ4n) is 4.13. The lowest BCUT2D eigenvalue weighted by Crippen LogP contribution is -2.38. The average molecular weight is 353 g/mol. The molecular formula is C21H20FNO3. The van der Waals surface area contributed by atoms with Crippen LogP contribution in [0.2, 0.25) is 0 Å². The number of halogens is 1. The van der Waals surface area contributed by atoms with E-state index in [2.05, 4.69) is 0 Å². The Balaban J connectivity index is 1.62. The quantitative estimate of drug-likeness (QED) is 0.918. The summed E-state index contributed by atoms with van der Waals surface area (Å²) in [5, 5.41) is 9.63. The molecule has 1 saturated heterocycles. The summed E-state index contributed by atoms with van der Waals surface area (Å²) in [5.41, 5.74) is 0.533. The molecule has 2 aromatic carbocycles. The Labute approximate surface area is 151 Å². The first-order valence-corrected chi connectivity index (χ1v) is 8.85. The van der Waals surface area contributed by atoms with Crippen LogP contribution in [0.25, 0.3) is 0 Å². The summed E-state index contributed by atoms with van der Waals surface area (Å²) in [4.78, 5) is 26.6. The fraction of sp³-hybridized carbons (Fsp3) is 0.333. The smallest absolute Gasteiger partial charge is 0.308 e. The van der Waals surface area contributed by atoms with Gasteiger partial charge >= 0.3 is 5.97 Å². The average Bonchev–Trinajstić information content (AvgIpc) is 3.33. The van der Waals surface area contributed by atoms with Gasteiger partial charge < -0.3 is 10.0 Å². The first kappa shape index (κ1) is 16.8. The number of amides is 1. The Morgan fingerprint density at radius 1 is 1.00 bits per heavy atom.